The first-order valence-electron chi connectivity index (χ1n) is 10.3. The molecule has 0 aliphatic heterocycles. The van der Waals surface area contributed by atoms with Gasteiger partial charge in [0.2, 0.25) is 0 Å². The second-order valence-corrected chi connectivity index (χ2v) is 7.95. The third-order valence-electron chi connectivity index (χ3n) is 5.75. The molecule has 1 amide bonds. The van der Waals surface area contributed by atoms with E-state index in [2.05, 4.69) is 10.4 Å². The lowest BCUT2D eigenvalue weighted by molar-refractivity contribution is -0.137. The molecule has 3 aromatic rings. The average Bonchev–Trinajstić information content (AvgIpc) is 3.36. The minimum Gasteiger partial charge on any atom is -0.508 e. The Hall–Kier alpha value is -3.53. The Bertz CT molecular complexity index is 1270. The number of rotatable bonds is 5. The standard InChI is InChI=1S/C23H22F3N5O2.ClH/c1-12-16-3-2-4-18(16)31(30-12)19-7-5-14(10-17(19)23(24,25)26)22(33)29-11-15-9-13(21(27)28)6-8-20(15)32;/h5-10,32H,2-4,11H2,1H3,(H3,27,28)(H,29,33);1H. The zero-order valence-electron chi connectivity index (χ0n) is 18.2. The van der Waals surface area contributed by atoms with Crippen molar-refractivity contribution in [1.29, 1.82) is 5.41 Å². The largest absolute Gasteiger partial charge is 0.508 e. The van der Waals surface area contributed by atoms with Gasteiger partial charge in [-0.05, 0) is 68.1 Å². The summed E-state index contributed by atoms with van der Waals surface area (Å²) >= 11 is 0. The van der Waals surface area contributed by atoms with E-state index < -0.39 is 17.6 Å². The van der Waals surface area contributed by atoms with Gasteiger partial charge in [0.25, 0.3) is 5.91 Å². The quantitative estimate of drug-likeness (QED) is 0.317. The van der Waals surface area contributed by atoms with Crippen molar-refractivity contribution in [3.05, 3.63) is 75.6 Å². The number of fused-ring (bicyclic) bond motifs is 1. The predicted molar refractivity (Wildman–Crippen MR) is 123 cm³/mol. The molecule has 0 unspecified atom stereocenters. The van der Waals surface area contributed by atoms with Crippen LogP contribution in [0.3, 0.4) is 0 Å². The van der Waals surface area contributed by atoms with Crippen LogP contribution < -0.4 is 11.1 Å². The second-order valence-electron chi connectivity index (χ2n) is 7.95. The van der Waals surface area contributed by atoms with Crippen molar-refractivity contribution in [2.24, 2.45) is 5.73 Å². The Labute approximate surface area is 199 Å². The third kappa shape index (κ3) is 4.72. The van der Waals surface area contributed by atoms with Crippen LogP contribution in [0, 0.1) is 12.3 Å². The number of aromatic hydroxyl groups is 1. The molecule has 7 nitrogen and oxygen atoms in total. The van der Waals surface area contributed by atoms with E-state index in [4.69, 9.17) is 11.1 Å². The molecule has 1 aliphatic rings. The number of halogens is 4. The number of nitrogens with one attached hydrogen (secondary N) is 2. The van der Waals surface area contributed by atoms with E-state index in [0.717, 1.165) is 30.2 Å². The molecule has 0 saturated heterocycles. The molecule has 1 aliphatic carbocycles. The smallest absolute Gasteiger partial charge is 0.418 e. The highest BCUT2D eigenvalue weighted by atomic mass is 35.5. The Kier molecular flexibility index (Phi) is 6.92. The first-order valence-corrected chi connectivity index (χ1v) is 10.3. The zero-order valence-corrected chi connectivity index (χ0v) is 19.0. The number of carbonyl (C=O) groups excluding carboxylic acids is 1. The molecule has 2 aromatic carbocycles. The summed E-state index contributed by atoms with van der Waals surface area (Å²) in [7, 11) is 0. The van der Waals surface area contributed by atoms with E-state index >= 15 is 0 Å². The van der Waals surface area contributed by atoms with Crippen LogP contribution in [0.4, 0.5) is 13.2 Å². The fourth-order valence-electron chi connectivity index (χ4n) is 4.08. The molecule has 0 fully saturated rings. The van der Waals surface area contributed by atoms with Gasteiger partial charge >= 0.3 is 6.18 Å². The van der Waals surface area contributed by atoms with Crippen LogP contribution in [0.25, 0.3) is 5.69 Å². The number of nitrogens with two attached hydrogens (primary N) is 1. The van der Waals surface area contributed by atoms with Gasteiger partial charge in [0.15, 0.2) is 0 Å². The summed E-state index contributed by atoms with van der Waals surface area (Å²) in [5.74, 6) is -1.08. The molecule has 0 spiro atoms. The topological polar surface area (TPSA) is 117 Å². The Morgan fingerprint density at radius 1 is 1.21 bits per heavy atom. The van der Waals surface area contributed by atoms with E-state index in [9.17, 15) is 23.1 Å². The van der Waals surface area contributed by atoms with Gasteiger partial charge in [-0.25, -0.2) is 4.68 Å². The fourth-order valence-corrected chi connectivity index (χ4v) is 4.08. The van der Waals surface area contributed by atoms with E-state index in [1.54, 1.807) is 6.92 Å². The lowest BCUT2D eigenvalue weighted by Crippen LogP contribution is -2.24. The highest BCUT2D eigenvalue weighted by Gasteiger charge is 2.36. The molecule has 1 heterocycles. The number of benzene rings is 2. The van der Waals surface area contributed by atoms with Crippen LogP contribution >= 0.6 is 12.4 Å². The number of aryl methyl sites for hydroxylation is 1. The molecule has 0 saturated carbocycles. The van der Waals surface area contributed by atoms with Gasteiger partial charge in [-0.2, -0.15) is 18.3 Å². The van der Waals surface area contributed by atoms with Gasteiger partial charge < -0.3 is 16.2 Å². The van der Waals surface area contributed by atoms with Crippen LogP contribution in [-0.4, -0.2) is 26.6 Å². The van der Waals surface area contributed by atoms with Crippen molar-refractivity contribution in [3.8, 4) is 11.4 Å². The van der Waals surface area contributed by atoms with Crippen molar-refractivity contribution < 1.29 is 23.1 Å². The molecule has 180 valence electrons. The number of carbonyl (C=O) groups is 1. The summed E-state index contributed by atoms with van der Waals surface area (Å²) in [5.41, 5.74) is 7.30. The number of hydrogen-bond donors (Lipinski definition) is 4. The number of alkyl halides is 3. The van der Waals surface area contributed by atoms with Gasteiger partial charge in [0.05, 0.1) is 16.9 Å². The number of nitrogen functional groups attached to an aromatic ring is 1. The number of amides is 1. The summed E-state index contributed by atoms with van der Waals surface area (Å²) in [4.78, 5) is 12.6. The van der Waals surface area contributed by atoms with Crippen molar-refractivity contribution >= 4 is 24.1 Å². The van der Waals surface area contributed by atoms with Crippen LogP contribution in [0.5, 0.6) is 5.75 Å². The zero-order chi connectivity index (χ0) is 23.9. The normalized spacial score (nSPS) is 12.7. The first-order chi connectivity index (χ1) is 15.6. The van der Waals surface area contributed by atoms with Gasteiger partial charge in [0, 0.05) is 28.9 Å². The van der Waals surface area contributed by atoms with Crippen molar-refractivity contribution in [2.45, 2.75) is 38.9 Å². The summed E-state index contributed by atoms with van der Waals surface area (Å²) in [6.07, 6.45) is -2.38. The van der Waals surface area contributed by atoms with Gasteiger partial charge in [0.1, 0.15) is 11.6 Å². The van der Waals surface area contributed by atoms with Gasteiger partial charge in [-0.3, -0.25) is 10.2 Å². The highest BCUT2D eigenvalue weighted by molar-refractivity contribution is 5.96. The van der Waals surface area contributed by atoms with E-state index in [0.29, 0.717) is 17.7 Å². The van der Waals surface area contributed by atoms with Crippen molar-refractivity contribution in [2.75, 3.05) is 0 Å². The van der Waals surface area contributed by atoms with Crippen LogP contribution in [0.15, 0.2) is 36.4 Å². The average molecular weight is 494 g/mol. The first kappa shape index (κ1) is 25.1. The Balaban J connectivity index is 0.00000324. The molecule has 34 heavy (non-hydrogen) atoms. The lowest BCUT2D eigenvalue weighted by atomic mass is 10.1. The molecule has 4 rings (SSSR count). The minimum absolute atomic E-state index is 0. The summed E-state index contributed by atoms with van der Waals surface area (Å²) in [6.45, 7) is 1.63. The molecule has 1 aromatic heterocycles. The predicted octanol–water partition coefficient (Wildman–Crippen LogP) is 4.03. The summed E-state index contributed by atoms with van der Waals surface area (Å²) in [5, 5.41) is 24.3. The minimum atomic E-state index is -4.69. The van der Waals surface area contributed by atoms with Gasteiger partial charge in [-0.1, -0.05) is 0 Å². The molecule has 0 atom stereocenters. The number of phenols is 1. The maximum atomic E-state index is 13.9. The number of nitrogens with zero attached hydrogens (tertiary/aromatic N) is 2. The maximum absolute atomic E-state index is 13.9. The molecular formula is C23H23ClF3N5O2. The number of aromatic nitrogens is 2. The second kappa shape index (κ2) is 9.38. The van der Waals surface area contributed by atoms with Crippen LogP contribution in [0.2, 0.25) is 0 Å². The van der Waals surface area contributed by atoms with E-state index in [1.165, 1.54) is 35.0 Å². The molecule has 0 radical (unpaired) electrons. The van der Waals surface area contributed by atoms with E-state index in [1.807, 2.05) is 0 Å². The lowest BCUT2D eigenvalue weighted by Gasteiger charge is -2.16. The summed E-state index contributed by atoms with van der Waals surface area (Å²) < 4.78 is 43.1. The van der Waals surface area contributed by atoms with Crippen molar-refractivity contribution in [3.63, 3.8) is 0 Å². The highest BCUT2D eigenvalue weighted by Crippen LogP contribution is 2.37. The molecule has 5 N–H and O–H groups in total. The van der Waals surface area contributed by atoms with Crippen LogP contribution in [0.1, 0.15) is 50.4 Å². The van der Waals surface area contributed by atoms with Crippen molar-refractivity contribution in [1.82, 2.24) is 15.1 Å². The molecular weight excluding hydrogens is 471 g/mol. The molecule has 11 heteroatoms. The monoisotopic (exact) mass is 493 g/mol. The third-order valence-corrected chi connectivity index (χ3v) is 5.75. The maximum Gasteiger partial charge on any atom is 0.418 e. The Morgan fingerprint density at radius 3 is 2.59 bits per heavy atom. The fraction of sp³-hybridized carbons (Fsp3) is 0.261. The SMILES string of the molecule is Cc1nn(-c2ccc(C(=O)NCc3cc(C(=N)N)ccc3O)cc2C(F)(F)F)c2c1CCC2.Cl. The number of phenolic OH excluding ortho intramolecular Hbond substituents is 1. The summed E-state index contributed by atoms with van der Waals surface area (Å²) in [6, 6.07) is 7.61. The molecule has 0 bridgehead atoms. The van der Waals surface area contributed by atoms with Crippen LogP contribution in [-0.2, 0) is 25.6 Å². The number of amidine groups is 1. The number of hydrogen-bond acceptors (Lipinski definition) is 4. The van der Waals surface area contributed by atoms with E-state index in [-0.39, 0.29) is 47.4 Å². The Morgan fingerprint density at radius 2 is 1.91 bits per heavy atom. The van der Waals surface area contributed by atoms with Gasteiger partial charge in [-0.15, -0.1) is 12.4 Å².